The first-order valence-corrected chi connectivity index (χ1v) is 9.22. The predicted molar refractivity (Wildman–Crippen MR) is 79.7 cm³/mol. The van der Waals surface area contributed by atoms with Crippen molar-refractivity contribution in [3.63, 3.8) is 0 Å². The summed E-state index contributed by atoms with van der Waals surface area (Å²) in [6.07, 6.45) is 1.00. The number of aromatic nitrogens is 2. The second kappa shape index (κ2) is 6.09. The molecule has 2 atom stereocenters. The molecule has 12 nitrogen and oxygen atoms in total. The minimum absolute atomic E-state index is 0.258. The number of anilines is 1. The van der Waals surface area contributed by atoms with Gasteiger partial charge in [0, 0.05) is 19.6 Å². The van der Waals surface area contributed by atoms with Gasteiger partial charge in [0.15, 0.2) is 0 Å². The van der Waals surface area contributed by atoms with Gasteiger partial charge in [-0.05, 0) is 12.8 Å². The lowest BCUT2D eigenvalue weighted by Gasteiger charge is -2.28. The van der Waals surface area contributed by atoms with Crippen molar-refractivity contribution in [1.82, 2.24) is 20.2 Å². The summed E-state index contributed by atoms with van der Waals surface area (Å²) in [4.78, 5) is 15.7. The smallest absolute Gasteiger partial charge is 0.406 e. The summed E-state index contributed by atoms with van der Waals surface area (Å²) in [7, 11) is -4.76. The van der Waals surface area contributed by atoms with E-state index >= 15 is 0 Å². The first-order chi connectivity index (χ1) is 11.9. The van der Waals surface area contributed by atoms with E-state index in [0.717, 1.165) is 0 Å². The normalized spacial score (nSPS) is 27.2. The van der Waals surface area contributed by atoms with Crippen LogP contribution in [-0.2, 0) is 19.4 Å². The lowest BCUT2D eigenvalue weighted by atomic mass is 10.0. The summed E-state index contributed by atoms with van der Waals surface area (Å²) >= 11 is 0. The zero-order valence-electron chi connectivity index (χ0n) is 13.1. The van der Waals surface area contributed by atoms with Crippen molar-refractivity contribution in [2.45, 2.75) is 24.9 Å². The first kappa shape index (κ1) is 16.5. The summed E-state index contributed by atoms with van der Waals surface area (Å²) in [6, 6.07) is -1.19. The largest absolute Gasteiger partial charge is 0.418 e. The molecule has 0 radical (unpaired) electrons. The molecule has 25 heavy (non-hydrogen) atoms. The Morgan fingerprint density at radius 3 is 2.68 bits per heavy atom. The lowest BCUT2D eigenvalue weighted by molar-refractivity contribution is -0.0317. The number of morpholine rings is 1. The van der Waals surface area contributed by atoms with Gasteiger partial charge in [-0.3, -0.25) is 4.55 Å². The van der Waals surface area contributed by atoms with E-state index in [1.54, 1.807) is 0 Å². The minimum Gasteiger partial charge on any atom is -0.406 e. The molecule has 0 aliphatic carbocycles. The summed E-state index contributed by atoms with van der Waals surface area (Å²) in [6.45, 7) is 2.71. The van der Waals surface area contributed by atoms with E-state index < -0.39 is 28.5 Å². The Hall–Kier alpha value is -1.96. The summed E-state index contributed by atoms with van der Waals surface area (Å²) in [5.41, 5.74) is 0. The van der Waals surface area contributed by atoms with Crippen LogP contribution < -0.4 is 4.90 Å². The fourth-order valence-electron chi connectivity index (χ4n) is 3.33. The maximum atomic E-state index is 12.4. The Bertz CT molecular complexity index is 762. The maximum absolute atomic E-state index is 12.4. The number of hydrogen-bond donors (Lipinski definition) is 1. The van der Waals surface area contributed by atoms with Crippen LogP contribution in [0.3, 0.4) is 0 Å². The molecule has 3 fully saturated rings. The Balaban J connectivity index is 1.51. The van der Waals surface area contributed by atoms with Crippen LogP contribution >= 0.6 is 0 Å². The zero-order chi connectivity index (χ0) is 17.6. The van der Waals surface area contributed by atoms with E-state index in [-0.39, 0.29) is 6.54 Å². The van der Waals surface area contributed by atoms with Crippen LogP contribution in [0.15, 0.2) is 4.42 Å². The molecular weight excluding hydrogens is 358 g/mol. The molecule has 2 unspecified atom stereocenters. The second-order valence-corrected chi connectivity index (χ2v) is 7.04. The van der Waals surface area contributed by atoms with Crippen molar-refractivity contribution in [2.75, 3.05) is 37.7 Å². The predicted octanol–water partition coefficient (Wildman–Crippen LogP) is -0.418. The molecule has 1 aromatic heterocycles. The molecule has 1 N–H and O–H groups in total. The van der Waals surface area contributed by atoms with Crippen molar-refractivity contribution < 1.29 is 31.2 Å². The number of rotatable bonds is 4. The molecule has 0 aromatic carbocycles. The van der Waals surface area contributed by atoms with E-state index in [2.05, 4.69) is 14.5 Å². The summed E-state index contributed by atoms with van der Waals surface area (Å²) in [5, 5.41) is 8.77. The lowest BCUT2D eigenvalue weighted by Crippen LogP contribution is -2.36. The molecule has 4 rings (SSSR count). The van der Waals surface area contributed by atoms with Crippen LogP contribution in [0.2, 0.25) is 0 Å². The first-order valence-electron chi connectivity index (χ1n) is 7.85. The van der Waals surface area contributed by atoms with Crippen molar-refractivity contribution in [1.29, 1.82) is 0 Å². The highest BCUT2D eigenvalue weighted by Crippen LogP contribution is 2.38. The number of hydroxylamine groups is 2. The number of piperidine rings is 1. The molecule has 1 aromatic rings. The number of carbonyl (C=O) groups excluding carboxylic acids is 1. The van der Waals surface area contributed by atoms with Crippen molar-refractivity contribution in [2.24, 2.45) is 0 Å². The number of urea groups is 1. The zero-order valence-corrected chi connectivity index (χ0v) is 14.0. The van der Waals surface area contributed by atoms with E-state index in [4.69, 9.17) is 13.7 Å². The van der Waals surface area contributed by atoms with E-state index in [9.17, 15) is 13.2 Å². The van der Waals surface area contributed by atoms with Gasteiger partial charge in [-0.25, -0.2) is 4.79 Å². The standard InChI is InChI=1S/C12H17N5O7S/c18-12-16-7-8(17(12)24-25(19,20)21)1-2-9(16)10-13-14-11(23-10)15-3-5-22-6-4-15/h8-9H,1-7H2,(H,19,20,21). The SMILES string of the molecule is O=C1N2CC(CCC2c2nnc(N3CCOCC3)o2)N1OS(=O)(=O)O. The molecule has 138 valence electrons. The third kappa shape index (κ3) is 3.15. The average Bonchev–Trinajstić information content (AvgIpc) is 3.16. The molecule has 3 saturated heterocycles. The third-order valence-electron chi connectivity index (χ3n) is 4.49. The number of fused-ring (bicyclic) bond motifs is 2. The minimum atomic E-state index is -4.76. The molecule has 2 amide bonds. The number of nitrogens with zero attached hydrogens (tertiary/aromatic N) is 5. The molecule has 0 spiro atoms. The molecule has 0 saturated carbocycles. The van der Waals surface area contributed by atoms with Gasteiger partial charge >= 0.3 is 22.4 Å². The summed E-state index contributed by atoms with van der Waals surface area (Å²) < 4.78 is 46.1. The monoisotopic (exact) mass is 375 g/mol. The van der Waals surface area contributed by atoms with Crippen LogP contribution in [0.5, 0.6) is 0 Å². The Morgan fingerprint density at radius 1 is 1.20 bits per heavy atom. The Labute approximate surface area is 143 Å². The van der Waals surface area contributed by atoms with Crippen molar-refractivity contribution >= 4 is 22.4 Å². The highest BCUT2D eigenvalue weighted by atomic mass is 32.3. The van der Waals surface area contributed by atoms with Crippen LogP contribution in [-0.4, -0.2) is 78.1 Å². The van der Waals surface area contributed by atoms with Gasteiger partial charge in [0.1, 0.15) is 6.04 Å². The van der Waals surface area contributed by atoms with Gasteiger partial charge in [0.05, 0.1) is 19.3 Å². The molecule has 4 heterocycles. The Morgan fingerprint density at radius 2 is 1.96 bits per heavy atom. The second-order valence-electron chi connectivity index (χ2n) is 6.03. The fraction of sp³-hybridized carbons (Fsp3) is 0.750. The molecular formula is C12H17N5O7S. The molecule has 13 heteroatoms. The molecule has 3 aliphatic rings. The number of amides is 2. The van der Waals surface area contributed by atoms with Crippen LogP contribution in [0.1, 0.15) is 24.8 Å². The fourth-order valence-corrected chi connectivity index (χ4v) is 3.72. The highest BCUT2D eigenvalue weighted by molar-refractivity contribution is 7.80. The number of hydrogen-bond acceptors (Lipinski definition) is 9. The van der Waals surface area contributed by atoms with Crippen molar-refractivity contribution in [3.05, 3.63) is 5.89 Å². The highest BCUT2D eigenvalue weighted by Gasteiger charge is 2.49. The number of carbonyl (C=O) groups is 1. The van der Waals surface area contributed by atoms with Crippen molar-refractivity contribution in [3.8, 4) is 0 Å². The molecule has 2 bridgehead atoms. The van der Waals surface area contributed by atoms with Gasteiger partial charge in [-0.15, -0.1) is 9.38 Å². The van der Waals surface area contributed by atoms with E-state index in [1.807, 2.05) is 4.90 Å². The van der Waals surface area contributed by atoms with Gasteiger partial charge in [0.25, 0.3) is 0 Å². The van der Waals surface area contributed by atoms with Gasteiger partial charge in [-0.1, -0.05) is 5.10 Å². The summed E-state index contributed by atoms with van der Waals surface area (Å²) in [5.74, 6) is 0.294. The topological polar surface area (TPSA) is 139 Å². The van der Waals surface area contributed by atoms with E-state index in [1.165, 1.54) is 4.90 Å². The number of ether oxygens (including phenoxy) is 1. The van der Waals surface area contributed by atoms with Crippen LogP contribution in [0.4, 0.5) is 10.8 Å². The quantitative estimate of drug-likeness (QED) is 0.690. The van der Waals surface area contributed by atoms with Crippen LogP contribution in [0.25, 0.3) is 0 Å². The molecule has 3 aliphatic heterocycles. The van der Waals surface area contributed by atoms with Gasteiger partial charge in [-0.2, -0.15) is 13.5 Å². The average molecular weight is 375 g/mol. The van der Waals surface area contributed by atoms with Gasteiger partial charge < -0.3 is 19.0 Å². The Kier molecular flexibility index (Phi) is 4.02. The third-order valence-corrected chi connectivity index (χ3v) is 4.84. The van der Waals surface area contributed by atoms with Gasteiger partial charge in [0.2, 0.25) is 5.89 Å². The van der Waals surface area contributed by atoms with E-state index in [0.29, 0.717) is 56.1 Å². The van der Waals surface area contributed by atoms with Crippen LogP contribution in [0, 0.1) is 0 Å². The maximum Gasteiger partial charge on any atom is 0.418 e.